The van der Waals surface area contributed by atoms with Crippen LogP contribution in [-0.4, -0.2) is 31.5 Å². The number of hydrogen-bond donors (Lipinski definition) is 1. The summed E-state index contributed by atoms with van der Waals surface area (Å²) in [6.07, 6.45) is 2.99. The van der Waals surface area contributed by atoms with E-state index in [2.05, 4.69) is 20.4 Å². The van der Waals surface area contributed by atoms with Gasteiger partial charge in [0.25, 0.3) is 0 Å². The zero-order chi connectivity index (χ0) is 20.7. The van der Waals surface area contributed by atoms with Crippen LogP contribution in [0.1, 0.15) is 34.1 Å². The maximum atomic E-state index is 12.5. The Morgan fingerprint density at radius 3 is 2.83 bits per heavy atom. The van der Waals surface area contributed by atoms with Crippen molar-refractivity contribution >= 4 is 23.5 Å². The second-order valence-corrected chi connectivity index (χ2v) is 7.03. The average molecular weight is 399 g/mol. The molecule has 1 amide bonds. The molecular weight excluding hydrogens is 382 g/mol. The summed E-state index contributed by atoms with van der Waals surface area (Å²) < 4.78 is 6.94. The van der Waals surface area contributed by atoms with Crippen molar-refractivity contribution in [1.29, 1.82) is 0 Å². The Kier molecular flexibility index (Phi) is 4.24. The monoisotopic (exact) mass is 399 g/mol. The fourth-order valence-corrected chi connectivity index (χ4v) is 3.60. The lowest BCUT2D eigenvalue weighted by Crippen LogP contribution is -2.16. The van der Waals surface area contributed by atoms with E-state index in [0.717, 1.165) is 22.4 Å². The Balaban J connectivity index is 1.34. The van der Waals surface area contributed by atoms with Crippen molar-refractivity contribution in [2.24, 2.45) is 0 Å². The number of pyridine rings is 2. The minimum Gasteiger partial charge on any atom is -0.453 e. The van der Waals surface area contributed by atoms with Gasteiger partial charge < -0.3 is 4.74 Å². The van der Waals surface area contributed by atoms with E-state index in [1.165, 1.54) is 0 Å². The third kappa shape index (κ3) is 3.18. The van der Waals surface area contributed by atoms with Gasteiger partial charge in [-0.05, 0) is 31.2 Å². The number of carbonyl (C=O) groups excluding carboxylic acids is 2. The van der Waals surface area contributed by atoms with E-state index < -0.39 is 12.1 Å². The molecule has 0 saturated carbocycles. The highest BCUT2D eigenvalue weighted by Gasteiger charge is 2.32. The molecule has 1 aliphatic heterocycles. The Bertz CT molecular complexity index is 1300. The molecule has 4 heterocycles. The van der Waals surface area contributed by atoms with Crippen LogP contribution in [0, 0.1) is 6.92 Å². The smallest absolute Gasteiger partial charge is 0.339 e. The van der Waals surface area contributed by atoms with Crippen LogP contribution in [0.3, 0.4) is 0 Å². The van der Waals surface area contributed by atoms with Crippen LogP contribution in [0.2, 0.25) is 0 Å². The number of nitrogens with zero attached hydrogens (tertiary/aromatic N) is 4. The molecule has 8 nitrogen and oxygen atoms in total. The lowest BCUT2D eigenvalue weighted by molar-refractivity contribution is -0.118. The van der Waals surface area contributed by atoms with E-state index in [4.69, 9.17) is 4.74 Å². The van der Waals surface area contributed by atoms with Crippen LogP contribution in [0.5, 0.6) is 0 Å². The zero-order valence-corrected chi connectivity index (χ0v) is 16.1. The van der Waals surface area contributed by atoms with Gasteiger partial charge >= 0.3 is 5.97 Å². The Morgan fingerprint density at radius 1 is 1.13 bits per heavy atom. The third-order valence-electron chi connectivity index (χ3n) is 5.05. The first-order valence-electron chi connectivity index (χ1n) is 9.47. The number of amides is 1. The van der Waals surface area contributed by atoms with E-state index >= 15 is 0 Å². The van der Waals surface area contributed by atoms with Crippen molar-refractivity contribution in [3.8, 4) is 11.1 Å². The molecule has 3 aromatic heterocycles. The summed E-state index contributed by atoms with van der Waals surface area (Å²) in [5.74, 6) is -0.547. The first-order valence-corrected chi connectivity index (χ1v) is 9.47. The number of cyclic esters (lactones) is 1. The number of fused-ring (bicyclic) bond motifs is 2. The van der Waals surface area contributed by atoms with Crippen molar-refractivity contribution in [3.63, 3.8) is 0 Å². The van der Waals surface area contributed by atoms with E-state index in [-0.39, 0.29) is 18.3 Å². The Labute approximate surface area is 171 Å². The molecule has 1 aliphatic rings. The van der Waals surface area contributed by atoms with Gasteiger partial charge in [-0.3, -0.25) is 15.1 Å². The molecule has 8 heteroatoms. The molecule has 4 aromatic rings. The Hall–Kier alpha value is -4.07. The van der Waals surface area contributed by atoms with Crippen LogP contribution < -0.4 is 5.32 Å². The van der Waals surface area contributed by atoms with Crippen molar-refractivity contribution in [1.82, 2.24) is 19.6 Å². The molecule has 1 N–H and O–H groups in total. The van der Waals surface area contributed by atoms with E-state index in [1.807, 2.05) is 43.5 Å². The number of aryl methyl sites for hydroxylation is 1. The molecule has 0 radical (unpaired) electrons. The standard InChI is InChI=1S/C22H17N5O3/c1-13-15(7-4-10-23-13)14-8-9-19-24-22(26-27(19)12-14)25-20(28)11-18-16-5-2-3-6-17(16)21(29)30-18/h2-10,12,18H,11H2,1H3,(H,25,26,28)/t18-/m0/s1. The predicted molar refractivity (Wildman–Crippen MR) is 109 cm³/mol. The predicted octanol–water partition coefficient (Wildman–Crippen LogP) is 3.34. The largest absolute Gasteiger partial charge is 0.453 e. The van der Waals surface area contributed by atoms with Crippen LogP contribution in [-0.2, 0) is 9.53 Å². The number of anilines is 1. The molecule has 0 spiro atoms. The highest BCUT2D eigenvalue weighted by Crippen LogP contribution is 2.32. The van der Waals surface area contributed by atoms with Crippen molar-refractivity contribution in [2.45, 2.75) is 19.4 Å². The van der Waals surface area contributed by atoms with Gasteiger partial charge in [0, 0.05) is 34.8 Å². The van der Waals surface area contributed by atoms with Crippen LogP contribution >= 0.6 is 0 Å². The number of carbonyl (C=O) groups is 2. The summed E-state index contributed by atoms with van der Waals surface area (Å²) in [6, 6.07) is 14.7. The van der Waals surface area contributed by atoms with Gasteiger partial charge in [-0.2, -0.15) is 4.98 Å². The number of hydrogen-bond acceptors (Lipinski definition) is 6. The summed E-state index contributed by atoms with van der Waals surface area (Å²) in [5, 5.41) is 7.04. The third-order valence-corrected chi connectivity index (χ3v) is 5.05. The highest BCUT2D eigenvalue weighted by molar-refractivity contribution is 5.96. The SMILES string of the molecule is Cc1ncccc1-c1ccc2nc(NC(=O)C[C@@H]3OC(=O)c4ccccc43)nn2c1. The molecule has 0 fully saturated rings. The number of nitrogens with one attached hydrogen (secondary N) is 1. The van der Waals surface area contributed by atoms with Gasteiger partial charge in [0.15, 0.2) is 5.65 Å². The number of ether oxygens (including phenoxy) is 1. The zero-order valence-electron chi connectivity index (χ0n) is 16.1. The molecule has 0 bridgehead atoms. The molecule has 1 aromatic carbocycles. The molecular formula is C22H17N5O3. The number of aromatic nitrogens is 4. The highest BCUT2D eigenvalue weighted by atomic mass is 16.5. The molecule has 1 atom stereocenters. The number of benzene rings is 1. The first-order chi connectivity index (χ1) is 14.6. The summed E-state index contributed by atoms with van der Waals surface area (Å²) in [7, 11) is 0. The van der Waals surface area contributed by atoms with Crippen LogP contribution in [0.4, 0.5) is 5.95 Å². The maximum Gasteiger partial charge on any atom is 0.339 e. The summed E-state index contributed by atoms with van der Waals surface area (Å²) in [4.78, 5) is 33.1. The van der Waals surface area contributed by atoms with Crippen molar-refractivity contribution in [2.75, 3.05) is 5.32 Å². The van der Waals surface area contributed by atoms with E-state index in [9.17, 15) is 9.59 Å². The van der Waals surface area contributed by atoms with E-state index in [0.29, 0.717) is 11.2 Å². The maximum absolute atomic E-state index is 12.5. The van der Waals surface area contributed by atoms with Gasteiger partial charge in [0.05, 0.1) is 12.0 Å². The van der Waals surface area contributed by atoms with Crippen molar-refractivity contribution < 1.29 is 14.3 Å². The minimum absolute atomic E-state index is 0.00155. The molecule has 0 saturated heterocycles. The van der Waals surface area contributed by atoms with Gasteiger partial charge in [-0.15, -0.1) is 5.10 Å². The second-order valence-electron chi connectivity index (χ2n) is 7.03. The molecule has 30 heavy (non-hydrogen) atoms. The summed E-state index contributed by atoms with van der Waals surface area (Å²) in [6.45, 7) is 1.94. The molecule has 148 valence electrons. The van der Waals surface area contributed by atoms with Gasteiger partial charge in [0.2, 0.25) is 11.9 Å². The van der Waals surface area contributed by atoms with Gasteiger partial charge in [-0.1, -0.05) is 24.3 Å². The molecule has 0 unspecified atom stereocenters. The normalized spacial score (nSPS) is 15.1. The lowest BCUT2D eigenvalue weighted by atomic mass is 10.0. The summed E-state index contributed by atoms with van der Waals surface area (Å²) >= 11 is 0. The first kappa shape index (κ1) is 18.0. The fourth-order valence-electron chi connectivity index (χ4n) is 3.60. The second kappa shape index (κ2) is 7.07. The molecule has 0 aliphatic carbocycles. The Morgan fingerprint density at radius 2 is 1.97 bits per heavy atom. The topological polar surface area (TPSA) is 98.5 Å². The van der Waals surface area contributed by atoms with E-state index in [1.54, 1.807) is 28.9 Å². The number of esters is 1. The lowest BCUT2D eigenvalue weighted by Gasteiger charge is -2.09. The van der Waals surface area contributed by atoms with Gasteiger partial charge in [-0.25, -0.2) is 9.31 Å². The fraction of sp³-hybridized carbons (Fsp3) is 0.136. The van der Waals surface area contributed by atoms with Gasteiger partial charge in [0.1, 0.15) is 6.10 Å². The molecule has 5 rings (SSSR count). The minimum atomic E-state index is -0.606. The van der Waals surface area contributed by atoms with Crippen molar-refractivity contribution in [3.05, 3.63) is 77.7 Å². The van der Waals surface area contributed by atoms with Crippen LogP contribution in [0.15, 0.2) is 60.9 Å². The quantitative estimate of drug-likeness (QED) is 0.529. The van der Waals surface area contributed by atoms with Crippen LogP contribution in [0.25, 0.3) is 16.8 Å². The summed E-state index contributed by atoms with van der Waals surface area (Å²) in [5.41, 5.74) is 4.69. The average Bonchev–Trinajstić information content (AvgIpc) is 3.28. The number of rotatable bonds is 4.